The highest BCUT2D eigenvalue weighted by molar-refractivity contribution is 7.89. The Bertz CT molecular complexity index is 644. The van der Waals surface area contributed by atoms with E-state index in [0.29, 0.717) is 31.7 Å². The topological polar surface area (TPSA) is 78.5 Å². The zero-order chi connectivity index (χ0) is 17.4. The normalized spacial score (nSPS) is 15.9. The molecule has 0 radical (unpaired) electrons. The van der Waals surface area contributed by atoms with Gasteiger partial charge in [-0.1, -0.05) is 25.8 Å². The van der Waals surface area contributed by atoms with Gasteiger partial charge in [0.15, 0.2) is 0 Å². The number of benzene rings is 1. The number of likely N-dealkylation sites (N-methyl/N-ethyl adjacent to an activating group) is 1. The van der Waals surface area contributed by atoms with E-state index in [2.05, 4.69) is 10.6 Å². The maximum atomic E-state index is 12.8. The fourth-order valence-electron chi connectivity index (χ4n) is 2.77. The number of nitrogens with one attached hydrogen (secondary N) is 2. The molecule has 1 aromatic rings. The number of amides is 1. The summed E-state index contributed by atoms with van der Waals surface area (Å²) in [5.41, 5.74) is 0.377. The monoisotopic (exact) mass is 389 g/mol. The Morgan fingerprint density at radius 1 is 1.12 bits per heavy atom. The van der Waals surface area contributed by atoms with Crippen molar-refractivity contribution in [2.75, 3.05) is 32.7 Å². The van der Waals surface area contributed by atoms with Crippen LogP contribution < -0.4 is 10.6 Å². The molecule has 0 bridgehead atoms. The van der Waals surface area contributed by atoms with Crippen LogP contribution in [0.25, 0.3) is 0 Å². The Hall–Kier alpha value is -1.15. The van der Waals surface area contributed by atoms with E-state index in [4.69, 9.17) is 0 Å². The molecule has 1 fully saturated rings. The third-order valence-corrected chi connectivity index (χ3v) is 6.03. The zero-order valence-corrected chi connectivity index (χ0v) is 16.3. The summed E-state index contributed by atoms with van der Waals surface area (Å²) in [5.74, 6) is -0.249. The van der Waals surface area contributed by atoms with E-state index in [1.807, 2.05) is 6.92 Å². The van der Waals surface area contributed by atoms with E-state index in [1.54, 1.807) is 22.5 Å². The van der Waals surface area contributed by atoms with Gasteiger partial charge in [0, 0.05) is 31.7 Å². The van der Waals surface area contributed by atoms with E-state index in [0.717, 1.165) is 32.2 Å². The van der Waals surface area contributed by atoms with Crippen LogP contribution in [-0.4, -0.2) is 51.4 Å². The van der Waals surface area contributed by atoms with Crippen molar-refractivity contribution in [1.29, 1.82) is 0 Å². The van der Waals surface area contributed by atoms with Crippen LogP contribution in [-0.2, 0) is 10.0 Å². The Labute approximate surface area is 156 Å². The number of sulfonamides is 1. The van der Waals surface area contributed by atoms with Crippen molar-refractivity contribution in [3.05, 3.63) is 29.8 Å². The second-order valence-electron chi connectivity index (χ2n) is 5.96. The quantitative estimate of drug-likeness (QED) is 0.699. The summed E-state index contributed by atoms with van der Waals surface area (Å²) in [6, 6.07) is 6.31. The fraction of sp³-hybridized carbons (Fsp3) is 0.588. The summed E-state index contributed by atoms with van der Waals surface area (Å²) >= 11 is 0. The SMILES string of the molecule is CCNCCNC(=O)c1cccc(S(=O)(=O)N2CCCCCC2)c1.Cl. The maximum absolute atomic E-state index is 12.8. The molecule has 6 nitrogen and oxygen atoms in total. The van der Waals surface area contributed by atoms with Crippen LogP contribution in [0.1, 0.15) is 43.0 Å². The second-order valence-corrected chi connectivity index (χ2v) is 7.89. The Morgan fingerprint density at radius 3 is 2.44 bits per heavy atom. The van der Waals surface area contributed by atoms with Gasteiger partial charge in [-0.25, -0.2) is 8.42 Å². The van der Waals surface area contributed by atoms with Crippen LogP contribution in [0.3, 0.4) is 0 Å². The molecule has 0 aromatic heterocycles. The predicted octanol–water partition coefficient (Wildman–Crippen LogP) is 2.01. The van der Waals surface area contributed by atoms with E-state index in [9.17, 15) is 13.2 Å². The fourth-order valence-corrected chi connectivity index (χ4v) is 4.34. The number of hydrogen-bond acceptors (Lipinski definition) is 4. The molecule has 8 heteroatoms. The lowest BCUT2D eigenvalue weighted by Crippen LogP contribution is -2.33. The van der Waals surface area contributed by atoms with Crippen LogP contribution in [0.5, 0.6) is 0 Å². The van der Waals surface area contributed by atoms with Gasteiger partial charge in [-0.2, -0.15) is 4.31 Å². The highest BCUT2D eigenvalue weighted by atomic mass is 35.5. The molecule has 0 unspecified atom stereocenters. The lowest BCUT2D eigenvalue weighted by Gasteiger charge is -2.20. The van der Waals surface area contributed by atoms with Crippen molar-refractivity contribution in [3.63, 3.8) is 0 Å². The molecule has 1 aliphatic heterocycles. The number of nitrogens with zero attached hydrogens (tertiary/aromatic N) is 1. The van der Waals surface area contributed by atoms with Crippen LogP contribution in [0.2, 0.25) is 0 Å². The minimum Gasteiger partial charge on any atom is -0.351 e. The molecule has 25 heavy (non-hydrogen) atoms. The Balaban J connectivity index is 0.00000312. The van der Waals surface area contributed by atoms with E-state index in [-0.39, 0.29) is 23.2 Å². The summed E-state index contributed by atoms with van der Waals surface area (Å²) in [5, 5.41) is 5.91. The van der Waals surface area contributed by atoms with Gasteiger partial charge < -0.3 is 10.6 Å². The summed E-state index contributed by atoms with van der Waals surface area (Å²) in [7, 11) is -3.53. The number of halogens is 1. The summed E-state index contributed by atoms with van der Waals surface area (Å²) in [6.07, 6.45) is 3.92. The van der Waals surface area contributed by atoms with Gasteiger partial charge in [-0.3, -0.25) is 4.79 Å². The summed E-state index contributed by atoms with van der Waals surface area (Å²) in [6.45, 7) is 5.16. The first-order valence-electron chi connectivity index (χ1n) is 8.65. The number of carbonyl (C=O) groups is 1. The molecular formula is C17H28ClN3O3S. The van der Waals surface area contributed by atoms with Crippen molar-refractivity contribution >= 4 is 28.3 Å². The summed E-state index contributed by atoms with van der Waals surface area (Å²) in [4.78, 5) is 12.4. The molecule has 0 aliphatic carbocycles. The molecule has 2 rings (SSSR count). The van der Waals surface area contributed by atoms with Crippen molar-refractivity contribution < 1.29 is 13.2 Å². The molecule has 0 spiro atoms. The largest absolute Gasteiger partial charge is 0.351 e. The highest BCUT2D eigenvalue weighted by Crippen LogP contribution is 2.21. The van der Waals surface area contributed by atoms with Crippen molar-refractivity contribution in [2.45, 2.75) is 37.5 Å². The first kappa shape index (κ1) is 21.9. The smallest absolute Gasteiger partial charge is 0.251 e. The van der Waals surface area contributed by atoms with E-state index in [1.165, 1.54) is 6.07 Å². The summed E-state index contributed by atoms with van der Waals surface area (Å²) < 4.78 is 27.1. The third-order valence-electron chi connectivity index (χ3n) is 4.14. The first-order chi connectivity index (χ1) is 11.6. The van der Waals surface area contributed by atoms with Gasteiger partial charge in [-0.15, -0.1) is 12.4 Å². The molecule has 1 saturated heterocycles. The molecule has 1 aliphatic rings. The first-order valence-corrected chi connectivity index (χ1v) is 10.1. The number of hydrogen-bond donors (Lipinski definition) is 2. The Morgan fingerprint density at radius 2 is 1.80 bits per heavy atom. The second kappa shape index (κ2) is 10.8. The highest BCUT2D eigenvalue weighted by Gasteiger charge is 2.25. The van der Waals surface area contributed by atoms with E-state index >= 15 is 0 Å². The van der Waals surface area contributed by atoms with Gasteiger partial charge in [-0.05, 0) is 37.6 Å². The van der Waals surface area contributed by atoms with E-state index < -0.39 is 10.0 Å². The van der Waals surface area contributed by atoms with Crippen molar-refractivity contribution in [1.82, 2.24) is 14.9 Å². The van der Waals surface area contributed by atoms with Gasteiger partial charge in [0.05, 0.1) is 4.90 Å². The third kappa shape index (κ3) is 6.26. The van der Waals surface area contributed by atoms with Crippen LogP contribution >= 0.6 is 12.4 Å². The van der Waals surface area contributed by atoms with Gasteiger partial charge in [0.25, 0.3) is 5.91 Å². The molecule has 1 aromatic carbocycles. The average Bonchev–Trinajstić information content (AvgIpc) is 2.88. The lowest BCUT2D eigenvalue weighted by molar-refractivity contribution is 0.0953. The molecule has 2 N–H and O–H groups in total. The zero-order valence-electron chi connectivity index (χ0n) is 14.7. The molecule has 0 saturated carbocycles. The maximum Gasteiger partial charge on any atom is 0.251 e. The van der Waals surface area contributed by atoms with Gasteiger partial charge >= 0.3 is 0 Å². The van der Waals surface area contributed by atoms with Crippen molar-refractivity contribution in [2.24, 2.45) is 0 Å². The van der Waals surface area contributed by atoms with Gasteiger partial charge in [0.2, 0.25) is 10.0 Å². The Kier molecular flexibility index (Phi) is 9.42. The average molecular weight is 390 g/mol. The molecule has 1 heterocycles. The van der Waals surface area contributed by atoms with Crippen LogP contribution in [0.15, 0.2) is 29.2 Å². The predicted molar refractivity (Wildman–Crippen MR) is 102 cm³/mol. The van der Waals surface area contributed by atoms with Crippen LogP contribution in [0.4, 0.5) is 0 Å². The number of carbonyl (C=O) groups excluding carboxylic acids is 1. The van der Waals surface area contributed by atoms with Crippen LogP contribution in [0, 0.1) is 0 Å². The molecule has 1 amide bonds. The molecular weight excluding hydrogens is 362 g/mol. The lowest BCUT2D eigenvalue weighted by atomic mass is 10.2. The number of rotatable bonds is 7. The molecule has 0 atom stereocenters. The minimum absolute atomic E-state index is 0. The van der Waals surface area contributed by atoms with Crippen molar-refractivity contribution in [3.8, 4) is 0 Å². The minimum atomic E-state index is -3.53. The van der Waals surface area contributed by atoms with Gasteiger partial charge in [0.1, 0.15) is 0 Å². The standard InChI is InChI=1S/C17H27N3O3S.ClH/c1-2-18-10-11-19-17(21)15-8-7-9-16(14-15)24(22,23)20-12-5-3-4-6-13-20;/h7-9,14,18H,2-6,10-13H2,1H3,(H,19,21);1H. The molecule has 142 valence electrons.